The molecule has 1 aromatic carbocycles. The number of para-hydroxylation sites is 2. The van der Waals surface area contributed by atoms with E-state index >= 15 is 0 Å². The van der Waals surface area contributed by atoms with Gasteiger partial charge < -0.3 is 10.5 Å². The van der Waals surface area contributed by atoms with Crippen LogP contribution in [0.5, 0.6) is 11.6 Å². The van der Waals surface area contributed by atoms with Gasteiger partial charge in [0.05, 0.1) is 5.69 Å². The molecule has 0 aliphatic heterocycles. The minimum Gasteiger partial charge on any atom is -0.437 e. The number of aromatic nitrogens is 2. The Kier molecular flexibility index (Phi) is 2.69. The molecule has 0 radical (unpaired) electrons. The van der Waals surface area contributed by atoms with E-state index in [1.807, 2.05) is 12.1 Å². The number of anilines is 1. The fraction of sp³-hybridized carbons (Fsp3) is 0. The van der Waals surface area contributed by atoms with Crippen LogP contribution < -0.4 is 10.5 Å². The summed E-state index contributed by atoms with van der Waals surface area (Å²) >= 11 is 5.69. The Morgan fingerprint density at radius 1 is 1.20 bits per heavy atom. The second-order valence-corrected chi connectivity index (χ2v) is 3.21. The van der Waals surface area contributed by atoms with Crippen LogP contribution >= 0.6 is 11.6 Å². The molecular weight excluding hydrogens is 214 g/mol. The molecule has 0 aliphatic rings. The van der Waals surface area contributed by atoms with Crippen LogP contribution in [-0.2, 0) is 0 Å². The van der Waals surface area contributed by atoms with Gasteiger partial charge in [-0.25, -0.2) is 9.97 Å². The molecule has 0 aliphatic carbocycles. The van der Waals surface area contributed by atoms with Crippen molar-refractivity contribution in [3.8, 4) is 11.6 Å². The third-order valence-corrected chi connectivity index (χ3v) is 1.95. The second-order valence-electron chi connectivity index (χ2n) is 2.82. The summed E-state index contributed by atoms with van der Waals surface area (Å²) in [5.41, 5.74) is 6.25. The fourth-order valence-corrected chi connectivity index (χ4v) is 1.20. The summed E-state index contributed by atoms with van der Waals surface area (Å²) in [6.45, 7) is 0. The standard InChI is InChI=1S/C10H8ClN3O/c11-9-5-10(14-6-13-9)15-8-4-2-1-3-7(8)12/h1-6H,12H2. The predicted molar refractivity (Wildman–Crippen MR) is 58.0 cm³/mol. The van der Waals surface area contributed by atoms with E-state index in [0.29, 0.717) is 22.5 Å². The second kappa shape index (κ2) is 4.14. The smallest absolute Gasteiger partial charge is 0.223 e. The molecular formula is C10H8ClN3O. The van der Waals surface area contributed by atoms with Crippen LogP contribution in [0.2, 0.25) is 5.15 Å². The zero-order valence-corrected chi connectivity index (χ0v) is 8.48. The normalized spacial score (nSPS) is 9.93. The molecule has 2 aromatic rings. The van der Waals surface area contributed by atoms with Crippen LogP contribution in [0, 0.1) is 0 Å². The molecule has 0 amide bonds. The van der Waals surface area contributed by atoms with Crippen LogP contribution in [0.25, 0.3) is 0 Å². The molecule has 0 spiro atoms. The average molecular weight is 222 g/mol. The lowest BCUT2D eigenvalue weighted by molar-refractivity contribution is 0.464. The number of halogens is 1. The van der Waals surface area contributed by atoms with Gasteiger partial charge in [-0.05, 0) is 12.1 Å². The van der Waals surface area contributed by atoms with Gasteiger partial charge in [0.25, 0.3) is 0 Å². The van der Waals surface area contributed by atoms with E-state index in [1.54, 1.807) is 12.1 Å². The van der Waals surface area contributed by atoms with Gasteiger partial charge in [-0.3, -0.25) is 0 Å². The Balaban J connectivity index is 2.26. The zero-order valence-electron chi connectivity index (χ0n) is 7.72. The number of hydrogen-bond donors (Lipinski definition) is 1. The molecule has 4 nitrogen and oxygen atoms in total. The van der Waals surface area contributed by atoms with Crippen molar-refractivity contribution >= 4 is 17.3 Å². The van der Waals surface area contributed by atoms with E-state index < -0.39 is 0 Å². The Morgan fingerprint density at radius 2 is 2.00 bits per heavy atom. The van der Waals surface area contributed by atoms with E-state index in [4.69, 9.17) is 22.1 Å². The SMILES string of the molecule is Nc1ccccc1Oc1cc(Cl)ncn1. The molecule has 1 aromatic heterocycles. The van der Waals surface area contributed by atoms with E-state index in [1.165, 1.54) is 12.4 Å². The molecule has 0 saturated heterocycles. The number of nitrogens with zero attached hydrogens (tertiary/aromatic N) is 2. The van der Waals surface area contributed by atoms with Crippen molar-refractivity contribution in [3.05, 3.63) is 41.8 Å². The van der Waals surface area contributed by atoms with E-state index in [9.17, 15) is 0 Å². The highest BCUT2D eigenvalue weighted by molar-refractivity contribution is 6.29. The maximum Gasteiger partial charge on any atom is 0.223 e. The van der Waals surface area contributed by atoms with E-state index in [-0.39, 0.29) is 0 Å². The van der Waals surface area contributed by atoms with Crippen molar-refractivity contribution in [1.82, 2.24) is 9.97 Å². The van der Waals surface area contributed by atoms with Crippen molar-refractivity contribution in [1.29, 1.82) is 0 Å². The molecule has 2 rings (SSSR count). The first-order valence-electron chi connectivity index (χ1n) is 4.25. The van der Waals surface area contributed by atoms with E-state index in [0.717, 1.165) is 0 Å². The first-order valence-corrected chi connectivity index (χ1v) is 4.63. The van der Waals surface area contributed by atoms with Gasteiger partial charge in [-0.1, -0.05) is 23.7 Å². The van der Waals surface area contributed by atoms with Gasteiger partial charge in [0.15, 0.2) is 5.75 Å². The number of rotatable bonds is 2. The third-order valence-electron chi connectivity index (χ3n) is 1.74. The molecule has 0 fully saturated rings. The van der Waals surface area contributed by atoms with Gasteiger partial charge in [-0.15, -0.1) is 0 Å². The molecule has 0 saturated carbocycles. The molecule has 0 atom stereocenters. The maximum atomic E-state index is 5.71. The van der Waals surface area contributed by atoms with E-state index in [2.05, 4.69) is 9.97 Å². The molecule has 15 heavy (non-hydrogen) atoms. The molecule has 1 heterocycles. The third kappa shape index (κ3) is 2.35. The van der Waals surface area contributed by atoms with Crippen LogP contribution in [0.3, 0.4) is 0 Å². The average Bonchev–Trinajstić information content (AvgIpc) is 2.22. The first kappa shape index (κ1) is 9.73. The summed E-state index contributed by atoms with van der Waals surface area (Å²) in [4.78, 5) is 7.65. The van der Waals surface area contributed by atoms with Gasteiger partial charge in [0.1, 0.15) is 11.5 Å². The fourth-order valence-electron chi connectivity index (χ4n) is 1.06. The van der Waals surface area contributed by atoms with Crippen LogP contribution in [-0.4, -0.2) is 9.97 Å². The summed E-state index contributed by atoms with van der Waals surface area (Å²) < 4.78 is 5.43. The molecule has 0 unspecified atom stereocenters. The number of hydrogen-bond acceptors (Lipinski definition) is 4. The Morgan fingerprint density at radius 3 is 2.73 bits per heavy atom. The summed E-state index contributed by atoms with van der Waals surface area (Å²) in [7, 11) is 0. The van der Waals surface area contributed by atoms with Gasteiger partial charge in [0.2, 0.25) is 5.88 Å². The van der Waals surface area contributed by atoms with Crippen molar-refractivity contribution < 1.29 is 4.74 Å². The number of nitrogen functional groups attached to an aromatic ring is 1. The summed E-state index contributed by atoms with van der Waals surface area (Å²) in [6.07, 6.45) is 1.33. The summed E-state index contributed by atoms with van der Waals surface area (Å²) in [6, 6.07) is 8.68. The van der Waals surface area contributed by atoms with Gasteiger partial charge in [0, 0.05) is 6.07 Å². The first-order chi connectivity index (χ1) is 7.25. The number of benzene rings is 1. The van der Waals surface area contributed by atoms with Crippen LogP contribution in [0.15, 0.2) is 36.7 Å². The lowest BCUT2D eigenvalue weighted by Gasteiger charge is -2.06. The van der Waals surface area contributed by atoms with Crippen LogP contribution in [0.4, 0.5) is 5.69 Å². The van der Waals surface area contributed by atoms with Crippen molar-refractivity contribution in [2.24, 2.45) is 0 Å². The highest BCUT2D eigenvalue weighted by Crippen LogP contribution is 2.25. The van der Waals surface area contributed by atoms with Crippen molar-refractivity contribution in [2.45, 2.75) is 0 Å². The molecule has 76 valence electrons. The topological polar surface area (TPSA) is 61.0 Å². The quantitative estimate of drug-likeness (QED) is 0.625. The Hall–Kier alpha value is -1.81. The van der Waals surface area contributed by atoms with Gasteiger partial charge in [-0.2, -0.15) is 0 Å². The summed E-state index contributed by atoms with van der Waals surface area (Å²) in [5.74, 6) is 0.917. The highest BCUT2D eigenvalue weighted by Gasteiger charge is 2.02. The lowest BCUT2D eigenvalue weighted by atomic mass is 10.3. The monoisotopic (exact) mass is 221 g/mol. The highest BCUT2D eigenvalue weighted by atomic mass is 35.5. The molecule has 0 bridgehead atoms. The summed E-state index contributed by atoms with van der Waals surface area (Å²) in [5, 5.41) is 0.328. The maximum absolute atomic E-state index is 5.71. The number of nitrogens with two attached hydrogens (primary N) is 1. The van der Waals surface area contributed by atoms with Crippen LogP contribution in [0.1, 0.15) is 0 Å². The minimum atomic E-state index is 0.328. The Bertz CT molecular complexity index is 476. The molecule has 2 N–H and O–H groups in total. The zero-order chi connectivity index (χ0) is 10.7. The molecule has 5 heteroatoms. The minimum absolute atomic E-state index is 0.328. The largest absolute Gasteiger partial charge is 0.437 e. The van der Waals surface area contributed by atoms with Gasteiger partial charge >= 0.3 is 0 Å². The predicted octanol–water partition coefficient (Wildman–Crippen LogP) is 2.50. The van der Waals surface area contributed by atoms with Crippen molar-refractivity contribution in [3.63, 3.8) is 0 Å². The lowest BCUT2D eigenvalue weighted by Crippen LogP contribution is -1.93. The number of ether oxygens (including phenoxy) is 1. The van der Waals surface area contributed by atoms with Crippen molar-refractivity contribution in [2.75, 3.05) is 5.73 Å². The Labute approximate surface area is 91.7 Å².